The predicted molar refractivity (Wildman–Crippen MR) is 75.7 cm³/mol. The Morgan fingerprint density at radius 1 is 1.35 bits per heavy atom. The molecule has 1 unspecified atom stereocenters. The standard InChI is InChI=1S/C14H22N4O2/c19-14(15-10-12-6-3-9-20-12)17-13-7-8-16-18(13)11-4-1-2-5-11/h7-8,11-12H,1-6,9-10H2,(H2,15,17,19). The number of ether oxygens (including phenoxy) is 1. The Labute approximate surface area is 118 Å². The molecule has 0 bridgehead atoms. The molecule has 1 atom stereocenters. The zero-order chi connectivity index (χ0) is 13.8. The lowest BCUT2D eigenvalue weighted by atomic mass is 10.2. The van der Waals surface area contributed by atoms with Gasteiger partial charge in [-0.25, -0.2) is 9.48 Å². The summed E-state index contributed by atoms with van der Waals surface area (Å²) >= 11 is 0. The van der Waals surface area contributed by atoms with Crippen molar-refractivity contribution in [1.82, 2.24) is 15.1 Å². The molecular weight excluding hydrogens is 256 g/mol. The van der Waals surface area contributed by atoms with Crippen molar-refractivity contribution >= 4 is 11.8 Å². The quantitative estimate of drug-likeness (QED) is 0.888. The summed E-state index contributed by atoms with van der Waals surface area (Å²) in [5.41, 5.74) is 0. The van der Waals surface area contributed by atoms with Gasteiger partial charge in [-0.2, -0.15) is 5.10 Å². The number of carbonyl (C=O) groups excluding carboxylic acids is 1. The van der Waals surface area contributed by atoms with Gasteiger partial charge < -0.3 is 10.1 Å². The smallest absolute Gasteiger partial charge is 0.320 e. The van der Waals surface area contributed by atoms with E-state index >= 15 is 0 Å². The summed E-state index contributed by atoms with van der Waals surface area (Å²) in [5.74, 6) is 0.779. The third-order valence-electron chi connectivity index (χ3n) is 4.10. The van der Waals surface area contributed by atoms with E-state index in [9.17, 15) is 4.79 Å². The molecule has 2 fully saturated rings. The fourth-order valence-corrected chi connectivity index (χ4v) is 3.03. The number of urea groups is 1. The van der Waals surface area contributed by atoms with Gasteiger partial charge >= 0.3 is 6.03 Å². The number of hydrogen-bond acceptors (Lipinski definition) is 3. The molecule has 0 aromatic carbocycles. The maximum absolute atomic E-state index is 11.9. The number of rotatable bonds is 4. The highest BCUT2D eigenvalue weighted by Gasteiger charge is 2.21. The lowest BCUT2D eigenvalue weighted by molar-refractivity contribution is 0.112. The Bertz CT molecular complexity index is 448. The fourth-order valence-electron chi connectivity index (χ4n) is 3.03. The third-order valence-corrected chi connectivity index (χ3v) is 4.10. The van der Waals surface area contributed by atoms with E-state index in [1.807, 2.05) is 10.7 Å². The molecule has 2 heterocycles. The molecule has 1 aromatic heterocycles. The van der Waals surface area contributed by atoms with Gasteiger partial charge in [0.1, 0.15) is 5.82 Å². The third kappa shape index (κ3) is 3.12. The summed E-state index contributed by atoms with van der Waals surface area (Å²) in [6.07, 6.45) is 8.81. The number of nitrogens with one attached hydrogen (secondary N) is 2. The summed E-state index contributed by atoms with van der Waals surface area (Å²) in [4.78, 5) is 11.9. The average Bonchev–Trinajstić information content (AvgIpc) is 3.18. The van der Waals surface area contributed by atoms with Crippen molar-refractivity contribution in [3.63, 3.8) is 0 Å². The van der Waals surface area contributed by atoms with Crippen LogP contribution in [0.1, 0.15) is 44.6 Å². The fraction of sp³-hybridized carbons (Fsp3) is 0.714. The second kappa shape index (κ2) is 6.26. The molecule has 110 valence electrons. The van der Waals surface area contributed by atoms with Crippen molar-refractivity contribution in [2.75, 3.05) is 18.5 Å². The van der Waals surface area contributed by atoms with E-state index in [-0.39, 0.29) is 12.1 Å². The second-order valence-electron chi connectivity index (χ2n) is 5.57. The highest BCUT2D eigenvalue weighted by atomic mass is 16.5. The summed E-state index contributed by atoms with van der Waals surface area (Å²) in [5, 5.41) is 10.1. The molecule has 2 amide bonds. The lowest BCUT2D eigenvalue weighted by Crippen LogP contribution is -2.35. The van der Waals surface area contributed by atoms with Crippen LogP contribution in [0.25, 0.3) is 0 Å². The molecule has 1 aliphatic carbocycles. The largest absolute Gasteiger partial charge is 0.376 e. The van der Waals surface area contributed by atoms with Crippen molar-refractivity contribution in [2.45, 2.75) is 50.7 Å². The number of nitrogens with zero attached hydrogens (tertiary/aromatic N) is 2. The summed E-state index contributed by atoms with van der Waals surface area (Å²) in [6.45, 7) is 1.38. The maximum Gasteiger partial charge on any atom is 0.320 e. The van der Waals surface area contributed by atoms with Crippen LogP contribution in [-0.2, 0) is 4.74 Å². The van der Waals surface area contributed by atoms with Gasteiger partial charge in [0.15, 0.2) is 0 Å². The minimum absolute atomic E-state index is 0.167. The van der Waals surface area contributed by atoms with Crippen LogP contribution in [-0.4, -0.2) is 35.1 Å². The van der Waals surface area contributed by atoms with E-state index < -0.39 is 0 Å². The molecule has 20 heavy (non-hydrogen) atoms. The van der Waals surface area contributed by atoms with E-state index in [1.165, 1.54) is 12.8 Å². The SMILES string of the molecule is O=C(NCC1CCCO1)Nc1ccnn1C1CCCC1. The summed E-state index contributed by atoms with van der Waals surface area (Å²) < 4.78 is 7.43. The van der Waals surface area contributed by atoms with Crippen LogP contribution in [0, 0.1) is 0 Å². The van der Waals surface area contributed by atoms with Crippen LogP contribution in [0.3, 0.4) is 0 Å². The van der Waals surface area contributed by atoms with Gasteiger partial charge in [0.05, 0.1) is 18.3 Å². The Balaban J connectivity index is 1.51. The van der Waals surface area contributed by atoms with Gasteiger partial charge in [-0.1, -0.05) is 12.8 Å². The Morgan fingerprint density at radius 2 is 2.20 bits per heavy atom. The van der Waals surface area contributed by atoms with E-state index in [2.05, 4.69) is 15.7 Å². The van der Waals surface area contributed by atoms with Gasteiger partial charge in [-0.15, -0.1) is 0 Å². The highest BCUT2D eigenvalue weighted by molar-refractivity contribution is 5.88. The molecular formula is C14H22N4O2. The minimum Gasteiger partial charge on any atom is -0.376 e. The Hall–Kier alpha value is -1.56. The molecule has 3 rings (SSSR count). The van der Waals surface area contributed by atoms with Crippen molar-refractivity contribution < 1.29 is 9.53 Å². The van der Waals surface area contributed by atoms with Gasteiger partial charge in [-0.3, -0.25) is 5.32 Å². The van der Waals surface area contributed by atoms with E-state index in [1.54, 1.807) is 6.20 Å². The molecule has 1 aliphatic heterocycles. The van der Waals surface area contributed by atoms with E-state index in [0.29, 0.717) is 12.6 Å². The monoisotopic (exact) mass is 278 g/mol. The van der Waals surface area contributed by atoms with Crippen LogP contribution < -0.4 is 10.6 Å². The number of hydrogen-bond donors (Lipinski definition) is 2. The Morgan fingerprint density at radius 3 is 2.95 bits per heavy atom. The van der Waals surface area contributed by atoms with Gasteiger partial charge in [0.2, 0.25) is 0 Å². The highest BCUT2D eigenvalue weighted by Crippen LogP contribution is 2.31. The topological polar surface area (TPSA) is 68.2 Å². The van der Waals surface area contributed by atoms with Crippen molar-refractivity contribution in [2.24, 2.45) is 0 Å². The molecule has 0 radical (unpaired) electrons. The molecule has 1 saturated carbocycles. The van der Waals surface area contributed by atoms with Gasteiger partial charge in [-0.05, 0) is 25.7 Å². The number of aromatic nitrogens is 2. The van der Waals surface area contributed by atoms with E-state index in [0.717, 1.165) is 38.1 Å². The van der Waals surface area contributed by atoms with Crippen LogP contribution in [0.2, 0.25) is 0 Å². The first kappa shape index (κ1) is 13.4. The first-order chi connectivity index (χ1) is 9.83. The van der Waals surface area contributed by atoms with Crippen LogP contribution in [0.15, 0.2) is 12.3 Å². The van der Waals surface area contributed by atoms with Crippen molar-refractivity contribution in [3.8, 4) is 0 Å². The first-order valence-corrected chi connectivity index (χ1v) is 7.53. The molecule has 1 saturated heterocycles. The average molecular weight is 278 g/mol. The van der Waals surface area contributed by atoms with Crippen LogP contribution in [0.5, 0.6) is 0 Å². The minimum atomic E-state index is -0.180. The zero-order valence-electron chi connectivity index (χ0n) is 11.7. The van der Waals surface area contributed by atoms with Crippen LogP contribution >= 0.6 is 0 Å². The van der Waals surface area contributed by atoms with Crippen LogP contribution in [0.4, 0.5) is 10.6 Å². The predicted octanol–water partition coefficient (Wildman–Crippen LogP) is 2.30. The van der Waals surface area contributed by atoms with Gasteiger partial charge in [0.25, 0.3) is 0 Å². The number of carbonyl (C=O) groups is 1. The summed E-state index contributed by atoms with van der Waals surface area (Å²) in [6, 6.07) is 2.10. The lowest BCUT2D eigenvalue weighted by Gasteiger charge is -2.16. The molecule has 2 aliphatic rings. The second-order valence-corrected chi connectivity index (χ2v) is 5.57. The number of amides is 2. The first-order valence-electron chi connectivity index (χ1n) is 7.53. The maximum atomic E-state index is 11.9. The normalized spacial score (nSPS) is 23.1. The number of anilines is 1. The zero-order valence-corrected chi connectivity index (χ0v) is 11.7. The Kier molecular flexibility index (Phi) is 4.20. The van der Waals surface area contributed by atoms with Gasteiger partial charge in [0, 0.05) is 19.2 Å². The molecule has 6 nitrogen and oxygen atoms in total. The molecule has 1 aromatic rings. The molecule has 6 heteroatoms. The van der Waals surface area contributed by atoms with E-state index in [4.69, 9.17) is 4.74 Å². The molecule has 2 N–H and O–H groups in total. The summed E-state index contributed by atoms with van der Waals surface area (Å²) in [7, 11) is 0. The van der Waals surface area contributed by atoms with Crippen molar-refractivity contribution in [3.05, 3.63) is 12.3 Å². The van der Waals surface area contributed by atoms with Crippen molar-refractivity contribution in [1.29, 1.82) is 0 Å². The molecule has 0 spiro atoms.